The summed E-state index contributed by atoms with van der Waals surface area (Å²) >= 11 is 0. The molecule has 0 bridgehead atoms. The van der Waals surface area contributed by atoms with E-state index < -0.39 is 0 Å². The Bertz CT molecular complexity index is 527. The summed E-state index contributed by atoms with van der Waals surface area (Å²) in [6.45, 7) is 5.07. The van der Waals surface area contributed by atoms with Gasteiger partial charge in [-0.2, -0.15) is 0 Å². The molecule has 3 heteroatoms. The van der Waals surface area contributed by atoms with Crippen molar-refractivity contribution in [3.05, 3.63) is 78.8 Å². The number of aromatic nitrogens is 1. The zero-order chi connectivity index (χ0) is 14.9. The van der Waals surface area contributed by atoms with Crippen molar-refractivity contribution in [2.75, 3.05) is 6.54 Å². The van der Waals surface area contributed by atoms with Gasteiger partial charge in [-0.3, -0.25) is 4.98 Å². The molecular formula is C18H22N2O. The first-order valence-electron chi connectivity index (χ1n) is 7.26. The normalized spacial score (nSPS) is 11.9. The minimum absolute atomic E-state index is 0.369. The van der Waals surface area contributed by atoms with Crippen LogP contribution < -0.4 is 0 Å². The van der Waals surface area contributed by atoms with Gasteiger partial charge in [0.2, 0.25) is 0 Å². The summed E-state index contributed by atoms with van der Waals surface area (Å²) in [5.74, 6) is 0. The summed E-state index contributed by atoms with van der Waals surface area (Å²) in [5, 5.41) is 10.2. The van der Waals surface area contributed by atoms with Gasteiger partial charge in [0.05, 0.1) is 18.3 Å². The fourth-order valence-corrected chi connectivity index (χ4v) is 2.24. The molecule has 110 valence electrons. The average molecular weight is 282 g/mol. The lowest BCUT2D eigenvalue weighted by Gasteiger charge is -2.23. The molecule has 0 saturated heterocycles. The lowest BCUT2D eigenvalue weighted by atomic mass is 10.1. The van der Waals surface area contributed by atoms with E-state index in [0.717, 1.165) is 18.5 Å². The molecule has 3 nitrogen and oxygen atoms in total. The predicted octanol–water partition coefficient (Wildman–Crippen LogP) is 3.02. The highest BCUT2D eigenvalue weighted by Crippen LogP contribution is 2.08. The molecule has 2 rings (SSSR count). The highest BCUT2D eigenvalue weighted by Gasteiger charge is 2.09. The first-order chi connectivity index (χ1) is 10.3. The molecule has 1 unspecified atom stereocenters. The molecule has 0 saturated carbocycles. The van der Waals surface area contributed by atoms with Crippen molar-refractivity contribution < 1.29 is 5.11 Å². The van der Waals surface area contributed by atoms with Crippen molar-refractivity contribution in [2.45, 2.75) is 25.5 Å². The minimum Gasteiger partial charge on any atom is -0.391 e. The largest absolute Gasteiger partial charge is 0.391 e. The Morgan fingerprint density at radius 3 is 2.57 bits per heavy atom. The maximum absolute atomic E-state index is 10.2. The number of aliphatic hydroxyl groups is 1. The minimum atomic E-state index is -0.369. The molecule has 2 aromatic rings. The van der Waals surface area contributed by atoms with Crippen LogP contribution in [0.25, 0.3) is 0 Å². The molecule has 21 heavy (non-hydrogen) atoms. The molecule has 1 aromatic heterocycles. The van der Waals surface area contributed by atoms with E-state index in [1.165, 1.54) is 5.56 Å². The molecule has 1 aromatic carbocycles. The monoisotopic (exact) mass is 282 g/mol. The number of pyridine rings is 1. The van der Waals surface area contributed by atoms with E-state index in [9.17, 15) is 5.11 Å². The van der Waals surface area contributed by atoms with Gasteiger partial charge in [-0.25, -0.2) is 0 Å². The van der Waals surface area contributed by atoms with Gasteiger partial charge >= 0.3 is 0 Å². The Morgan fingerprint density at radius 2 is 1.90 bits per heavy atom. The number of rotatable bonds is 8. The van der Waals surface area contributed by atoms with Crippen LogP contribution in [0.2, 0.25) is 0 Å². The molecular weight excluding hydrogens is 260 g/mol. The van der Waals surface area contributed by atoms with E-state index >= 15 is 0 Å². The standard InChI is InChI=1S/C18H22N2O/c1-2-20(14-17-10-6-7-13-19-17)15-18(21)12-11-16-8-4-3-5-9-16/h2-10,13,18,21H,1,11-12,14-15H2. The van der Waals surface area contributed by atoms with E-state index in [4.69, 9.17) is 0 Å². The molecule has 0 aliphatic rings. The van der Waals surface area contributed by atoms with E-state index in [1.54, 1.807) is 12.4 Å². The lowest BCUT2D eigenvalue weighted by Crippen LogP contribution is -2.28. The average Bonchev–Trinajstić information content (AvgIpc) is 2.54. The van der Waals surface area contributed by atoms with Gasteiger partial charge in [-0.05, 0) is 36.7 Å². The molecule has 0 fully saturated rings. The molecule has 0 aliphatic carbocycles. The summed E-state index contributed by atoms with van der Waals surface area (Å²) in [7, 11) is 0. The summed E-state index contributed by atoms with van der Waals surface area (Å²) < 4.78 is 0. The Hall–Kier alpha value is -2.13. The van der Waals surface area contributed by atoms with Crippen LogP contribution in [0.15, 0.2) is 67.5 Å². The predicted molar refractivity (Wildman–Crippen MR) is 85.6 cm³/mol. The summed E-state index contributed by atoms with van der Waals surface area (Å²) in [6, 6.07) is 16.1. The van der Waals surface area contributed by atoms with Crippen molar-refractivity contribution in [3.63, 3.8) is 0 Å². The van der Waals surface area contributed by atoms with E-state index in [-0.39, 0.29) is 6.10 Å². The van der Waals surface area contributed by atoms with Crippen LogP contribution in [0.4, 0.5) is 0 Å². The number of aryl methyl sites for hydroxylation is 1. The number of aliphatic hydroxyl groups excluding tert-OH is 1. The second-order valence-electron chi connectivity index (χ2n) is 5.11. The van der Waals surface area contributed by atoms with E-state index in [0.29, 0.717) is 13.1 Å². The van der Waals surface area contributed by atoms with Gasteiger partial charge in [-0.1, -0.05) is 43.0 Å². The number of hydrogen-bond acceptors (Lipinski definition) is 3. The van der Waals surface area contributed by atoms with Gasteiger partial charge in [0, 0.05) is 12.7 Å². The van der Waals surface area contributed by atoms with Gasteiger partial charge in [-0.15, -0.1) is 0 Å². The van der Waals surface area contributed by atoms with Crippen molar-refractivity contribution in [3.8, 4) is 0 Å². The van der Waals surface area contributed by atoms with Crippen LogP contribution >= 0.6 is 0 Å². The third-order valence-corrected chi connectivity index (χ3v) is 3.40. The van der Waals surface area contributed by atoms with Crippen molar-refractivity contribution in [2.24, 2.45) is 0 Å². The molecule has 0 amide bonds. The van der Waals surface area contributed by atoms with Crippen LogP contribution in [0.5, 0.6) is 0 Å². The summed E-state index contributed by atoms with van der Waals surface area (Å²) in [4.78, 5) is 6.29. The smallest absolute Gasteiger partial charge is 0.0718 e. The van der Waals surface area contributed by atoms with Crippen molar-refractivity contribution in [1.82, 2.24) is 9.88 Å². The van der Waals surface area contributed by atoms with Gasteiger partial charge in [0.15, 0.2) is 0 Å². The molecule has 1 heterocycles. The zero-order valence-electron chi connectivity index (χ0n) is 12.2. The zero-order valence-corrected chi connectivity index (χ0v) is 12.2. The second kappa shape index (κ2) is 8.22. The molecule has 0 spiro atoms. The van der Waals surface area contributed by atoms with Gasteiger partial charge < -0.3 is 10.0 Å². The molecule has 0 radical (unpaired) electrons. The first-order valence-corrected chi connectivity index (χ1v) is 7.26. The van der Waals surface area contributed by atoms with Crippen LogP contribution in [0, 0.1) is 0 Å². The Balaban J connectivity index is 1.79. The third-order valence-electron chi connectivity index (χ3n) is 3.40. The Morgan fingerprint density at radius 1 is 1.14 bits per heavy atom. The molecule has 1 N–H and O–H groups in total. The fourth-order valence-electron chi connectivity index (χ4n) is 2.24. The molecule has 1 atom stereocenters. The lowest BCUT2D eigenvalue weighted by molar-refractivity contribution is 0.123. The topological polar surface area (TPSA) is 36.4 Å². The highest BCUT2D eigenvalue weighted by atomic mass is 16.3. The van der Waals surface area contributed by atoms with Crippen LogP contribution in [-0.4, -0.2) is 27.6 Å². The summed E-state index contributed by atoms with van der Waals surface area (Å²) in [5.41, 5.74) is 2.24. The van der Waals surface area contributed by atoms with Crippen LogP contribution in [0.1, 0.15) is 17.7 Å². The summed E-state index contributed by atoms with van der Waals surface area (Å²) in [6.07, 6.45) is 4.81. The highest BCUT2D eigenvalue weighted by molar-refractivity contribution is 5.14. The first kappa shape index (κ1) is 15.3. The fraction of sp³-hybridized carbons (Fsp3) is 0.278. The third kappa shape index (κ3) is 5.40. The number of benzene rings is 1. The van der Waals surface area contributed by atoms with Crippen LogP contribution in [0.3, 0.4) is 0 Å². The van der Waals surface area contributed by atoms with E-state index in [1.807, 2.05) is 41.3 Å². The van der Waals surface area contributed by atoms with Crippen molar-refractivity contribution >= 4 is 0 Å². The number of nitrogens with zero attached hydrogens (tertiary/aromatic N) is 2. The Labute approximate surface area is 126 Å². The Kier molecular flexibility index (Phi) is 5.98. The van der Waals surface area contributed by atoms with E-state index in [2.05, 4.69) is 23.7 Å². The molecule has 0 aliphatic heterocycles. The maximum Gasteiger partial charge on any atom is 0.0718 e. The number of hydrogen-bond donors (Lipinski definition) is 1. The van der Waals surface area contributed by atoms with Crippen LogP contribution in [-0.2, 0) is 13.0 Å². The quantitative estimate of drug-likeness (QED) is 0.808. The second-order valence-corrected chi connectivity index (χ2v) is 5.11. The SMILES string of the molecule is C=CN(Cc1ccccn1)CC(O)CCc1ccccc1. The van der Waals surface area contributed by atoms with Crippen molar-refractivity contribution in [1.29, 1.82) is 0 Å². The van der Waals surface area contributed by atoms with Gasteiger partial charge in [0.25, 0.3) is 0 Å². The van der Waals surface area contributed by atoms with Gasteiger partial charge in [0.1, 0.15) is 0 Å². The maximum atomic E-state index is 10.2.